The Bertz CT molecular complexity index is 987. The van der Waals surface area contributed by atoms with Crippen molar-refractivity contribution in [3.63, 3.8) is 0 Å². The van der Waals surface area contributed by atoms with Crippen LogP contribution in [0.5, 0.6) is 0 Å². The highest BCUT2D eigenvalue weighted by molar-refractivity contribution is 8.17. The minimum Gasteiger partial charge on any atom is -0.335 e. The lowest BCUT2D eigenvalue weighted by molar-refractivity contribution is 0.512. The molecule has 2 aromatic rings. The maximum Gasteiger partial charge on any atom is 0.168 e. The van der Waals surface area contributed by atoms with Crippen molar-refractivity contribution in [2.45, 2.75) is 19.0 Å². The van der Waals surface area contributed by atoms with E-state index in [1.807, 2.05) is 18.2 Å². The minimum absolute atomic E-state index is 0.334. The van der Waals surface area contributed by atoms with Gasteiger partial charge in [-0.05, 0) is 41.2 Å². The highest BCUT2D eigenvalue weighted by atomic mass is 35.5. The number of aliphatic imine (C=N–C) groups is 2. The second kappa shape index (κ2) is 7.85. The van der Waals surface area contributed by atoms with Gasteiger partial charge >= 0.3 is 0 Å². The number of nitrogens with one attached hydrogen (secondary N) is 1. The first-order valence-corrected chi connectivity index (χ1v) is 11.5. The molecule has 3 aliphatic rings. The zero-order valence-corrected chi connectivity index (χ0v) is 17.5. The molecule has 142 valence electrons. The van der Waals surface area contributed by atoms with E-state index in [2.05, 4.69) is 50.9 Å². The van der Waals surface area contributed by atoms with Crippen molar-refractivity contribution >= 4 is 51.1 Å². The second-order valence-corrected chi connectivity index (χ2v) is 9.17. The first kappa shape index (κ1) is 18.2. The summed E-state index contributed by atoms with van der Waals surface area (Å²) in [7, 11) is 0. The van der Waals surface area contributed by atoms with E-state index in [9.17, 15) is 0 Å². The molecule has 1 unspecified atom stereocenters. The van der Waals surface area contributed by atoms with Crippen molar-refractivity contribution in [3.05, 3.63) is 75.8 Å². The van der Waals surface area contributed by atoms with Gasteiger partial charge in [-0.1, -0.05) is 65.5 Å². The average Bonchev–Trinajstić information content (AvgIpc) is 3.27. The zero-order valence-electron chi connectivity index (χ0n) is 15.1. The van der Waals surface area contributed by atoms with Crippen LogP contribution in [0, 0.1) is 0 Å². The van der Waals surface area contributed by atoms with Crippen LogP contribution in [0.3, 0.4) is 0 Å². The van der Waals surface area contributed by atoms with Crippen LogP contribution in [-0.2, 0) is 13.0 Å². The Kier molecular flexibility index (Phi) is 5.09. The number of fused-ring (bicyclic) bond motifs is 2. The number of rotatable bonds is 4. The van der Waals surface area contributed by atoms with Gasteiger partial charge in [-0.3, -0.25) is 9.98 Å². The molecule has 4 nitrogen and oxygen atoms in total. The maximum atomic E-state index is 6.07. The van der Waals surface area contributed by atoms with Crippen molar-refractivity contribution in [2.75, 3.05) is 17.6 Å². The lowest BCUT2D eigenvalue weighted by Crippen LogP contribution is -2.26. The zero-order chi connectivity index (χ0) is 18.9. The third kappa shape index (κ3) is 3.81. The quantitative estimate of drug-likeness (QED) is 0.727. The Hall–Kier alpha value is -1.89. The number of nitrogens with zero attached hydrogens (tertiary/aromatic N) is 3. The van der Waals surface area contributed by atoms with Gasteiger partial charge < -0.3 is 10.2 Å². The van der Waals surface area contributed by atoms with E-state index in [0.29, 0.717) is 12.6 Å². The Morgan fingerprint density at radius 2 is 2.11 bits per heavy atom. The normalized spacial score (nSPS) is 20.1. The predicted molar refractivity (Wildman–Crippen MR) is 122 cm³/mol. The van der Waals surface area contributed by atoms with Crippen LogP contribution in [0.15, 0.2) is 69.6 Å². The molecule has 0 bridgehead atoms. The van der Waals surface area contributed by atoms with Crippen molar-refractivity contribution < 1.29 is 0 Å². The Morgan fingerprint density at radius 3 is 3.00 bits per heavy atom. The fourth-order valence-corrected chi connectivity index (χ4v) is 5.68. The number of halogens is 1. The number of benzene rings is 2. The number of thioether (sulfide) groups is 2. The summed E-state index contributed by atoms with van der Waals surface area (Å²) < 4.78 is 0. The van der Waals surface area contributed by atoms with E-state index >= 15 is 0 Å². The fourth-order valence-electron chi connectivity index (χ4n) is 3.53. The third-order valence-corrected chi connectivity index (χ3v) is 7.04. The highest BCUT2D eigenvalue weighted by Gasteiger charge is 2.32. The van der Waals surface area contributed by atoms with Crippen LogP contribution in [0.4, 0.5) is 5.69 Å². The van der Waals surface area contributed by atoms with Crippen LogP contribution >= 0.6 is 35.1 Å². The van der Waals surface area contributed by atoms with E-state index in [0.717, 1.165) is 45.3 Å². The van der Waals surface area contributed by atoms with Crippen LogP contribution in [-0.4, -0.2) is 33.6 Å². The highest BCUT2D eigenvalue weighted by Crippen LogP contribution is 2.34. The van der Waals surface area contributed by atoms with Gasteiger partial charge in [-0.25, -0.2) is 0 Å². The van der Waals surface area contributed by atoms with Gasteiger partial charge in [-0.15, -0.1) is 0 Å². The Morgan fingerprint density at radius 1 is 1.21 bits per heavy atom. The topological polar surface area (TPSA) is 40.0 Å². The molecular weight excluding hydrogens is 408 g/mol. The first-order valence-electron chi connectivity index (χ1n) is 9.22. The van der Waals surface area contributed by atoms with Crippen LogP contribution in [0.1, 0.15) is 11.1 Å². The van der Waals surface area contributed by atoms with Gasteiger partial charge in [0.2, 0.25) is 0 Å². The maximum absolute atomic E-state index is 6.07. The molecule has 0 amide bonds. The lowest BCUT2D eigenvalue weighted by atomic mass is 10.1. The van der Waals surface area contributed by atoms with Gasteiger partial charge in [0.05, 0.1) is 12.6 Å². The number of amidine groups is 2. The van der Waals surface area contributed by atoms with E-state index < -0.39 is 0 Å². The van der Waals surface area contributed by atoms with E-state index in [1.165, 1.54) is 11.3 Å². The predicted octanol–water partition coefficient (Wildman–Crippen LogP) is 5.23. The summed E-state index contributed by atoms with van der Waals surface area (Å²) in [5.74, 6) is 0.888. The SMILES string of the molecule is Clc1ccc2c(c1)CN=C(SCC1=CSC3=NC(Cc4ccccc4)CN13)N2. The monoisotopic (exact) mass is 426 g/mol. The summed E-state index contributed by atoms with van der Waals surface area (Å²) in [5, 5.41) is 8.50. The molecule has 0 aliphatic carbocycles. The van der Waals surface area contributed by atoms with Crippen molar-refractivity contribution in [3.8, 4) is 0 Å². The van der Waals surface area contributed by atoms with Gasteiger partial charge in [0.15, 0.2) is 10.3 Å². The van der Waals surface area contributed by atoms with Crippen LogP contribution in [0.25, 0.3) is 0 Å². The molecule has 0 aromatic heterocycles. The molecule has 5 rings (SSSR count). The molecule has 3 aliphatic heterocycles. The molecule has 3 heterocycles. The second-order valence-electron chi connectivity index (χ2n) is 6.93. The lowest BCUT2D eigenvalue weighted by Gasteiger charge is -2.21. The molecular formula is C21H19ClN4S2. The summed E-state index contributed by atoms with van der Waals surface area (Å²) in [4.78, 5) is 11.9. The number of anilines is 1. The molecule has 0 saturated carbocycles. The molecule has 1 N–H and O–H groups in total. The fraction of sp³-hybridized carbons (Fsp3) is 0.238. The van der Waals surface area contributed by atoms with Crippen molar-refractivity contribution in [1.82, 2.24) is 4.90 Å². The minimum atomic E-state index is 0.334. The molecule has 0 fully saturated rings. The largest absolute Gasteiger partial charge is 0.335 e. The van der Waals surface area contributed by atoms with E-state index in [4.69, 9.17) is 16.6 Å². The van der Waals surface area contributed by atoms with Gasteiger partial charge in [-0.2, -0.15) is 0 Å². The summed E-state index contributed by atoms with van der Waals surface area (Å²) in [6.45, 7) is 1.64. The first-order chi connectivity index (χ1) is 13.7. The third-order valence-electron chi connectivity index (χ3n) is 4.94. The standard InChI is InChI=1S/C21H19ClN4S2/c22-16-6-7-19-15(9-16)10-23-20(25-19)27-12-18-13-28-21-24-17(11-26(18)21)8-14-4-2-1-3-5-14/h1-7,9,13,17H,8,10-12H2,(H,23,25). The Labute approximate surface area is 178 Å². The summed E-state index contributed by atoms with van der Waals surface area (Å²) >= 11 is 9.55. The summed E-state index contributed by atoms with van der Waals surface area (Å²) in [6, 6.07) is 16.9. The molecule has 28 heavy (non-hydrogen) atoms. The van der Waals surface area contributed by atoms with Gasteiger partial charge in [0, 0.05) is 28.7 Å². The molecule has 7 heteroatoms. The summed E-state index contributed by atoms with van der Waals surface area (Å²) in [5.41, 5.74) is 4.91. The number of hydrogen-bond acceptors (Lipinski definition) is 6. The van der Waals surface area contributed by atoms with E-state index in [1.54, 1.807) is 23.5 Å². The molecule has 1 atom stereocenters. The molecule has 2 aromatic carbocycles. The van der Waals surface area contributed by atoms with E-state index in [-0.39, 0.29) is 0 Å². The Balaban J connectivity index is 1.17. The molecule has 0 saturated heterocycles. The van der Waals surface area contributed by atoms with Crippen molar-refractivity contribution in [2.24, 2.45) is 9.98 Å². The van der Waals surface area contributed by atoms with Gasteiger partial charge in [0.25, 0.3) is 0 Å². The van der Waals surface area contributed by atoms with Crippen LogP contribution < -0.4 is 5.32 Å². The average molecular weight is 427 g/mol. The molecule has 0 radical (unpaired) electrons. The van der Waals surface area contributed by atoms with Crippen LogP contribution in [0.2, 0.25) is 5.02 Å². The number of hydrogen-bond donors (Lipinski definition) is 1. The summed E-state index contributed by atoms with van der Waals surface area (Å²) in [6.07, 6.45) is 0.995. The smallest absolute Gasteiger partial charge is 0.168 e. The van der Waals surface area contributed by atoms with Gasteiger partial charge in [0.1, 0.15) is 0 Å². The van der Waals surface area contributed by atoms with Crippen molar-refractivity contribution in [1.29, 1.82) is 0 Å². The molecule has 0 spiro atoms.